The number of benzene rings is 3. The van der Waals surface area contributed by atoms with Crippen LogP contribution >= 0.6 is 0 Å². The van der Waals surface area contributed by atoms with Crippen molar-refractivity contribution in [2.45, 2.75) is 11.4 Å². The van der Waals surface area contributed by atoms with Crippen LogP contribution in [0.25, 0.3) is 0 Å². The van der Waals surface area contributed by atoms with Gasteiger partial charge >= 0.3 is 5.97 Å². The normalized spacial score (nSPS) is 11.0. The SMILES string of the molecule is COc1ccc(N(Cc2ccccc2)S(=O)(=O)c2cccc(C(=O)O)c2)cc1. The number of hydrogen-bond donors (Lipinski definition) is 1. The number of sulfonamides is 1. The van der Waals surface area contributed by atoms with Gasteiger partial charge in [-0.2, -0.15) is 0 Å². The number of methoxy groups -OCH3 is 1. The van der Waals surface area contributed by atoms with E-state index >= 15 is 0 Å². The lowest BCUT2D eigenvalue weighted by molar-refractivity contribution is 0.0696. The Hall–Kier alpha value is -3.32. The van der Waals surface area contributed by atoms with Crippen LogP contribution in [-0.4, -0.2) is 26.6 Å². The first-order valence-electron chi connectivity index (χ1n) is 8.46. The molecule has 0 heterocycles. The Bertz CT molecular complexity index is 1060. The maximum atomic E-state index is 13.4. The van der Waals surface area contributed by atoms with Crippen molar-refractivity contribution in [3.8, 4) is 5.75 Å². The molecule has 7 heteroatoms. The fraction of sp³-hybridized carbons (Fsp3) is 0.0952. The van der Waals surface area contributed by atoms with Crippen molar-refractivity contribution >= 4 is 21.7 Å². The minimum atomic E-state index is -4.00. The van der Waals surface area contributed by atoms with Gasteiger partial charge < -0.3 is 9.84 Å². The molecule has 0 unspecified atom stereocenters. The van der Waals surface area contributed by atoms with E-state index in [1.807, 2.05) is 30.3 Å². The molecule has 0 amide bonds. The second-order valence-electron chi connectivity index (χ2n) is 6.03. The molecular weight excluding hydrogens is 378 g/mol. The molecule has 0 saturated carbocycles. The topological polar surface area (TPSA) is 83.9 Å². The standard InChI is InChI=1S/C21H19NO5S/c1-27-19-12-10-18(11-13-19)22(15-16-6-3-2-4-7-16)28(25,26)20-9-5-8-17(14-20)21(23)24/h2-14H,15H2,1H3,(H,23,24). The second-order valence-corrected chi connectivity index (χ2v) is 7.89. The fourth-order valence-corrected chi connectivity index (χ4v) is 4.23. The first-order valence-corrected chi connectivity index (χ1v) is 9.90. The highest BCUT2D eigenvalue weighted by Crippen LogP contribution is 2.28. The third-order valence-corrected chi connectivity index (χ3v) is 5.97. The van der Waals surface area contributed by atoms with Gasteiger partial charge in [-0.3, -0.25) is 4.31 Å². The van der Waals surface area contributed by atoms with Crippen LogP contribution in [0, 0.1) is 0 Å². The van der Waals surface area contributed by atoms with Crippen LogP contribution in [0.4, 0.5) is 5.69 Å². The molecule has 0 aliphatic rings. The monoisotopic (exact) mass is 397 g/mol. The first kappa shape index (κ1) is 19.4. The Morgan fingerprint density at radius 3 is 2.25 bits per heavy atom. The van der Waals surface area contributed by atoms with Crippen molar-refractivity contribution in [3.63, 3.8) is 0 Å². The van der Waals surface area contributed by atoms with Crippen LogP contribution in [0.1, 0.15) is 15.9 Å². The molecule has 0 aliphatic carbocycles. The van der Waals surface area contributed by atoms with Crippen molar-refractivity contribution in [3.05, 3.63) is 90.0 Å². The van der Waals surface area contributed by atoms with Gasteiger partial charge in [-0.1, -0.05) is 36.4 Å². The third-order valence-electron chi connectivity index (χ3n) is 4.20. The Labute approximate surface area is 163 Å². The summed E-state index contributed by atoms with van der Waals surface area (Å²) in [7, 11) is -2.47. The highest BCUT2D eigenvalue weighted by atomic mass is 32.2. The van der Waals surface area contributed by atoms with Crippen molar-refractivity contribution in [2.75, 3.05) is 11.4 Å². The van der Waals surface area contributed by atoms with Gasteiger partial charge in [-0.05, 0) is 48.0 Å². The lowest BCUT2D eigenvalue weighted by Gasteiger charge is -2.25. The summed E-state index contributed by atoms with van der Waals surface area (Å²) < 4.78 is 33.1. The zero-order valence-electron chi connectivity index (χ0n) is 15.1. The van der Waals surface area contributed by atoms with Gasteiger partial charge in [0.15, 0.2) is 0 Å². The van der Waals surface area contributed by atoms with Gasteiger partial charge in [0.1, 0.15) is 5.75 Å². The molecule has 28 heavy (non-hydrogen) atoms. The van der Waals surface area contributed by atoms with E-state index in [2.05, 4.69) is 0 Å². The number of carboxylic acid groups (broad SMARTS) is 1. The molecule has 6 nitrogen and oxygen atoms in total. The van der Waals surface area contributed by atoms with E-state index in [1.165, 1.54) is 35.7 Å². The Morgan fingerprint density at radius 2 is 1.64 bits per heavy atom. The van der Waals surface area contributed by atoms with Crippen LogP contribution in [0.5, 0.6) is 5.75 Å². The number of carbonyl (C=O) groups is 1. The molecule has 0 aliphatic heterocycles. The summed E-state index contributed by atoms with van der Waals surface area (Å²) in [5.74, 6) is -0.579. The molecule has 1 N–H and O–H groups in total. The van der Waals surface area contributed by atoms with E-state index in [0.717, 1.165) is 5.56 Å². The van der Waals surface area contributed by atoms with Crippen molar-refractivity contribution in [1.29, 1.82) is 0 Å². The van der Waals surface area contributed by atoms with E-state index in [9.17, 15) is 18.3 Å². The summed E-state index contributed by atoms with van der Waals surface area (Å²) in [6.07, 6.45) is 0. The number of ether oxygens (including phenoxy) is 1. The smallest absolute Gasteiger partial charge is 0.335 e. The fourth-order valence-electron chi connectivity index (χ4n) is 2.73. The summed E-state index contributed by atoms with van der Waals surface area (Å²) in [5, 5.41) is 9.20. The molecule has 0 bridgehead atoms. The van der Waals surface area contributed by atoms with Crippen LogP contribution in [0.15, 0.2) is 83.8 Å². The largest absolute Gasteiger partial charge is 0.497 e. The van der Waals surface area contributed by atoms with Gasteiger partial charge in [0.05, 0.1) is 29.8 Å². The maximum absolute atomic E-state index is 13.4. The van der Waals surface area contributed by atoms with Crippen LogP contribution in [0.3, 0.4) is 0 Å². The third kappa shape index (κ3) is 4.15. The number of hydrogen-bond acceptors (Lipinski definition) is 4. The van der Waals surface area contributed by atoms with Gasteiger partial charge in [0.2, 0.25) is 0 Å². The number of rotatable bonds is 7. The molecule has 0 spiro atoms. The minimum Gasteiger partial charge on any atom is -0.497 e. The molecule has 0 radical (unpaired) electrons. The molecule has 0 saturated heterocycles. The Morgan fingerprint density at radius 1 is 0.964 bits per heavy atom. The molecule has 0 atom stereocenters. The number of nitrogens with zero attached hydrogens (tertiary/aromatic N) is 1. The lowest BCUT2D eigenvalue weighted by atomic mass is 10.2. The molecule has 0 aromatic heterocycles. The zero-order valence-corrected chi connectivity index (χ0v) is 16.0. The Kier molecular flexibility index (Phi) is 5.65. The van der Waals surface area contributed by atoms with Crippen molar-refractivity contribution in [1.82, 2.24) is 0 Å². The predicted molar refractivity (Wildman–Crippen MR) is 106 cm³/mol. The van der Waals surface area contributed by atoms with Gasteiger partial charge in [0, 0.05) is 0 Å². The summed E-state index contributed by atoms with van der Waals surface area (Å²) in [6, 6.07) is 21.2. The van der Waals surface area contributed by atoms with Gasteiger partial charge in [0.25, 0.3) is 10.0 Å². The Balaban J connectivity index is 2.08. The first-order chi connectivity index (χ1) is 13.4. The molecule has 3 aromatic rings. The van der Waals surface area contributed by atoms with E-state index in [4.69, 9.17) is 4.74 Å². The van der Waals surface area contributed by atoms with Gasteiger partial charge in [-0.25, -0.2) is 13.2 Å². The molecule has 144 valence electrons. The predicted octanol–water partition coefficient (Wildman–Crippen LogP) is 3.79. The number of aromatic carboxylic acids is 1. The van der Waals surface area contributed by atoms with Crippen LogP contribution < -0.4 is 9.04 Å². The molecular formula is C21H19NO5S. The minimum absolute atomic E-state index is 0.0841. The maximum Gasteiger partial charge on any atom is 0.335 e. The molecule has 3 rings (SSSR count). The van der Waals surface area contributed by atoms with Crippen LogP contribution in [-0.2, 0) is 16.6 Å². The highest BCUT2D eigenvalue weighted by Gasteiger charge is 2.26. The van der Waals surface area contributed by atoms with E-state index in [-0.39, 0.29) is 17.0 Å². The number of carboxylic acids is 1. The average Bonchev–Trinajstić information content (AvgIpc) is 2.73. The van der Waals surface area contributed by atoms with Crippen molar-refractivity contribution < 1.29 is 23.1 Å². The summed E-state index contributed by atoms with van der Waals surface area (Å²) in [6.45, 7) is 0.104. The van der Waals surface area contributed by atoms with Gasteiger partial charge in [-0.15, -0.1) is 0 Å². The van der Waals surface area contributed by atoms with E-state index in [0.29, 0.717) is 11.4 Å². The van der Waals surface area contributed by atoms with E-state index in [1.54, 1.807) is 24.3 Å². The average molecular weight is 397 g/mol. The zero-order chi connectivity index (χ0) is 20.1. The number of anilines is 1. The lowest BCUT2D eigenvalue weighted by Crippen LogP contribution is -2.30. The molecule has 3 aromatic carbocycles. The summed E-state index contributed by atoms with van der Waals surface area (Å²) in [4.78, 5) is 11.2. The quantitative estimate of drug-likeness (QED) is 0.656. The van der Waals surface area contributed by atoms with E-state index < -0.39 is 16.0 Å². The molecule has 0 fully saturated rings. The summed E-state index contributed by atoms with van der Waals surface area (Å²) in [5.41, 5.74) is 1.16. The van der Waals surface area contributed by atoms with Crippen LogP contribution in [0.2, 0.25) is 0 Å². The summed E-state index contributed by atoms with van der Waals surface area (Å²) >= 11 is 0. The van der Waals surface area contributed by atoms with Crippen molar-refractivity contribution in [2.24, 2.45) is 0 Å². The second kappa shape index (κ2) is 8.14. The highest BCUT2D eigenvalue weighted by molar-refractivity contribution is 7.92.